The van der Waals surface area contributed by atoms with Crippen molar-refractivity contribution in [2.45, 2.75) is 0 Å². The van der Waals surface area contributed by atoms with Crippen LogP contribution in [0.4, 0.5) is 11.4 Å². The molecule has 0 unspecified atom stereocenters. The number of hydrogen-bond donors (Lipinski definition) is 4. The van der Waals surface area contributed by atoms with Gasteiger partial charge in [-0.15, -0.1) is 0 Å². The van der Waals surface area contributed by atoms with Crippen molar-refractivity contribution >= 4 is 34.6 Å². The minimum absolute atomic E-state index is 0.0292. The minimum Gasteiger partial charge on any atom is -0.348 e. The van der Waals surface area contributed by atoms with Gasteiger partial charge in [-0.2, -0.15) is 20.7 Å². The highest BCUT2D eigenvalue weighted by atomic mass is 16.2. The summed E-state index contributed by atoms with van der Waals surface area (Å²) in [6, 6.07) is 21.1. The number of anilines is 2. The molecule has 0 aliphatic rings. The Morgan fingerprint density at radius 1 is 0.700 bits per heavy atom. The van der Waals surface area contributed by atoms with E-state index in [1.54, 1.807) is 60.7 Å². The quantitative estimate of drug-likeness (QED) is 0.281. The first-order chi connectivity index (χ1) is 14.6. The molecule has 0 saturated heterocycles. The summed E-state index contributed by atoms with van der Waals surface area (Å²) in [7, 11) is 0. The molecular weight excluding hydrogens is 384 g/mol. The molecule has 0 spiro atoms. The molecule has 10 heteroatoms. The lowest BCUT2D eigenvalue weighted by Crippen LogP contribution is -2.39. The van der Waals surface area contributed by atoms with Crippen LogP contribution in [0.3, 0.4) is 0 Å². The topological polar surface area (TPSA) is 155 Å². The Morgan fingerprint density at radius 3 is 1.40 bits per heavy atom. The predicted octanol–water partition coefficient (Wildman–Crippen LogP) is 1.20. The van der Waals surface area contributed by atoms with Crippen LogP contribution < -0.4 is 21.5 Å². The fourth-order valence-electron chi connectivity index (χ4n) is 2.04. The first-order valence-corrected chi connectivity index (χ1v) is 8.78. The molecule has 0 bridgehead atoms. The molecule has 30 heavy (non-hydrogen) atoms. The first-order valence-electron chi connectivity index (χ1n) is 8.78. The molecule has 0 radical (unpaired) electrons. The number of nitriles is 2. The second-order valence-electron chi connectivity index (χ2n) is 5.61. The van der Waals surface area contributed by atoms with E-state index >= 15 is 0 Å². The summed E-state index contributed by atoms with van der Waals surface area (Å²) in [5.41, 5.74) is 5.74. The SMILES string of the molecule is N#C/C(=N\Nc1ccccc1)C(=O)NCCNC(=O)/C(C#N)=N/Nc1ccccc1. The molecule has 0 heterocycles. The third kappa shape index (κ3) is 7.13. The van der Waals surface area contributed by atoms with Gasteiger partial charge in [-0.3, -0.25) is 20.4 Å². The Morgan fingerprint density at radius 2 is 1.07 bits per heavy atom. The van der Waals surface area contributed by atoms with E-state index in [0.717, 1.165) is 0 Å². The van der Waals surface area contributed by atoms with Crippen LogP contribution in [0, 0.1) is 22.7 Å². The third-order valence-electron chi connectivity index (χ3n) is 3.48. The standard InChI is InChI=1S/C20H18N8O2/c21-13-17(27-25-15-7-3-1-4-8-15)19(29)23-11-12-24-20(30)18(14-22)28-26-16-9-5-2-6-10-16/h1-10,25-26H,11-12H2,(H,23,29)(H,24,30)/b27-17+,28-18+. The van der Waals surface area contributed by atoms with Crippen LogP contribution in [0.25, 0.3) is 0 Å². The second kappa shape index (κ2) is 11.9. The van der Waals surface area contributed by atoms with Gasteiger partial charge in [0, 0.05) is 13.1 Å². The second-order valence-corrected chi connectivity index (χ2v) is 5.61. The van der Waals surface area contributed by atoms with Crippen LogP contribution in [-0.4, -0.2) is 36.3 Å². The van der Waals surface area contributed by atoms with Crippen LogP contribution in [-0.2, 0) is 9.59 Å². The van der Waals surface area contributed by atoms with E-state index in [-0.39, 0.29) is 24.5 Å². The lowest BCUT2D eigenvalue weighted by atomic mass is 10.3. The van der Waals surface area contributed by atoms with Crippen LogP contribution in [0.2, 0.25) is 0 Å². The third-order valence-corrected chi connectivity index (χ3v) is 3.48. The zero-order valence-corrected chi connectivity index (χ0v) is 15.8. The normalized spacial score (nSPS) is 10.9. The molecule has 0 aliphatic heterocycles. The monoisotopic (exact) mass is 402 g/mol. The number of rotatable bonds is 9. The molecule has 0 atom stereocenters. The van der Waals surface area contributed by atoms with Gasteiger partial charge in [0.15, 0.2) is 0 Å². The van der Waals surface area contributed by atoms with E-state index in [9.17, 15) is 9.59 Å². The van der Waals surface area contributed by atoms with Crippen LogP contribution in [0.5, 0.6) is 0 Å². The summed E-state index contributed by atoms with van der Waals surface area (Å²) in [5.74, 6) is -1.40. The van der Waals surface area contributed by atoms with Crippen molar-refractivity contribution < 1.29 is 9.59 Å². The average Bonchev–Trinajstić information content (AvgIpc) is 2.79. The maximum Gasteiger partial charge on any atom is 0.282 e. The summed E-state index contributed by atoms with van der Waals surface area (Å²) in [6.45, 7) is 0.0584. The van der Waals surface area contributed by atoms with Gasteiger partial charge in [-0.25, -0.2) is 0 Å². The van der Waals surface area contributed by atoms with E-state index in [1.165, 1.54) is 0 Å². The molecule has 0 aromatic heterocycles. The van der Waals surface area contributed by atoms with Gasteiger partial charge in [-0.1, -0.05) is 36.4 Å². The Hall–Kier alpha value is -4.70. The van der Waals surface area contributed by atoms with Crippen LogP contribution >= 0.6 is 0 Å². The molecular formula is C20H18N8O2. The van der Waals surface area contributed by atoms with Crippen molar-refractivity contribution in [2.24, 2.45) is 10.2 Å². The van der Waals surface area contributed by atoms with Crippen LogP contribution in [0.15, 0.2) is 70.9 Å². The Balaban J connectivity index is 1.78. The molecule has 0 aliphatic carbocycles. The molecule has 10 nitrogen and oxygen atoms in total. The lowest BCUT2D eigenvalue weighted by Gasteiger charge is -2.06. The maximum absolute atomic E-state index is 12.0. The molecule has 150 valence electrons. The molecule has 2 rings (SSSR count). The number of carbonyl (C=O) groups is 2. The van der Waals surface area contributed by atoms with Crippen molar-refractivity contribution in [3.8, 4) is 12.1 Å². The number of nitrogens with one attached hydrogen (secondary N) is 4. The average molecular weight is 402 g/mol. The van der Waals surface area contributed by atoms with Crippen molar-refractivity contribution in [3.63, 3.8) is 0 Å². The molecule has 4 N–H and O–H groups in total. The van der Waals surface area contributed by atoms with Gasteiger partial charge in [-0.05, 0) is 24.3 Å². The zero-order chi connectivity index (χ0) is 21.6. The van der Waals surface area contributed by atoms with Gasteiger partial charge >= 0.3 is 0 Å². The Bertz CT molecular complexity index is 921. The molecule has 2 amide bonds. The summed E-state index contributed by atoms with van der Waals surface area (Å²) in [6.07, 6.45) is 0. The van der Waals surface area contributed by atoms with Gasteiger partial charge in [0.2, 0.25) is 11.4 Å². The van der Waals surface area contributed by atoms with E-state index in [4.69, 9.17) is 10.5 Å². The molecule has 0 saturated carbocycles. The van der Waals surface area contributed by atoms with E-state index in [1.807, 2.05) is 12.1 Å². The van der Waals surface area contributed by atoms with Gasteiger partial charge in [0.25, 0.3) is 11.8 Å². The predicted molar refractivity (Wildman–Crippen MR) is 112 cm³/mol. The van der Waals surface area contributed by atoms with E-state index in [2.05, 4.69) is 31.7 Å². The summed E-state index contributed by atoms with van der Waals surface area (Å²) < 4.78 is 0. The Labute approximate surface area is 172 Å². The number of hydrogen-bond acceptors (Lipinski definition) is 8. The first kappa shape index (κ1) is 21.6. The van der Waals surface area contributed by atoms with E-state index < -0.39 is 11.8 Å². The van der Waals surface area contributed by atoms with Gasteiger partial charge in [0.1, 0.15) is 12.1 Å². The fourth-order valence-corrected chi connectivity index (χ4v) is 2.04. The molecule has 2 aromatic carbocycles. The number of amides is 2. The summed E-state index contributed by atoms with van der Waals surface area (Å²) in [4.78, 5) is 24.0. The smallest absolute Gasteiger partial charge is 0.282 e. The highest BCUT2D eigenvalue weighted by Gasteiger charge is 2.12. The number of hydrazone groups is 2. The lowest BCUT2D eigenvalue weighted by molar-refractivity contribution is -0.116. The largest absolute Gasteiger partial charge is 0.348 e. The van der Waals surface area contributed by atoms with E-state index in [0.29, 0.717) is 11.4 Å². The highest BCUT2D eigenvalue weighted by Crippen LogP contribution is 2.05. The maximum atomic E-state index is 12.0. The highest BCUT2D eigenvalue weighted by molar-refractivity contribution is 6.45. The van der Waals surface area contributed by atoms with Gasteiger partial charge < -0.3 is 10.6 Å². The number of para-hydroxylation sites is 2. The van der Waals surface area contributed by atoms with Crippen molar-refractivity contribution in [1.29, 1.82) is 10.5 Å². The van der Waals surface area contributed by atoms with Crippen LogP contribution in [0.1, 0.15) is 0 Å². The number of carbonyl (C=O) groups excluding carboxylic acids is 2. The minimum atomic E-state index is -0.699. The van der Waals surface area contributed by atoms with Crippen molar-refractivity contribution in [2.75, 3.05) is 23.9 Å². The molecule has 0 fully saturated rings. The fraction of sp³-hybridized carbons (Fsp3) is 0.100. The molecule has 2 aromatic rings. The zero-order valence-electron chi connectivity index (χ0n) is 15.8. The summed E-state index contributed by atoms with van der Waals surface area (Å²) in [5, 5.41) is 30.6. The van der Waals surface area contributed by atoms with Crippen molar-refractivity contribution in [1.82, 2.24) is 10.6 Å². The van der Waals surface area contributed by atoms with Gasteiger partial charge in [0.05, 0.1) is 11.4 Å². The Kier molecular flexibility index (Phi) is 8.57. The summed E-state index contributed by atoms with van der Waals surface area (Å²) >= 11 is 0. The number of benzene rings is 2. The number of nitrogens with zero attached hydrogens (tertiary/aromatic N) is 4. The van der Waals surface area contributed by atoms with Crippen molar-refractivity contribution in [3.05, 3.63) is 60.7 Å².